The van der Waals surface area contributed by atoms with E-state index in [0.29, 0.717) is 11.2 Å². The Morgan fingerprint density at radius 1 is 1.05 bits per heavy atom. The van der Waals surface area contributed by atoms with Crippen LogP contribution in [-0.4, -0.2) is 59.6 Å². The summed E-state index contributed by atoms with van der Waals surface area (Å²) in [5.41, 5.74) is 0. The Hall–Kier alpha value is 0.130. The van der Waals surface area contributed by atoms with Crippen molar-refractivity contribution < 1.29 is 9.53 Å². The molecule has 1 unspecified atom stereocenters. The van der Waals surface area contributed by atoms with Crippen LogP contribution in [0.1, 0.15) is 32.1 Å². The third kappa shape index (κ3) is 4.55. The van der Waals surface area contributed by atoms with Crippen molar-refractivity contribution in [1.82, 2.24) is 4.90 Å². The molecule has 0 radical (unpaired) electrons. The molecule has 0 aliphatic carbocycles. The first-order valence-electron chi connectivity index (χ1n) is 8.38. The van der Waals surface area contributed by atoms with Gasteiger partial charge < -0.3 is 9.64 Å². The molecule has 3 aliphatic rings. The Labute approximate surface area is 136 Å². The number of likely N-dealkylation sites (tertiary alicyclic amines) is 1. The maximum atomic E-state index is 12.4. The molecule has 0 aromatic heterocycles. The summed E-state index contributed by atoms with van der Waals surface area (Å²) >= 11 is 4.00. The molecule has 0 saturated carbocycles. The Kier molecular flexibility index (Phi) is 6.18. The van der Waals surface area contributed by atoms with Gasteiger partial charge in [0.1, 0.15) is 0 Å². The average molecular weight is 330 g/mol. The zero-order valence-electron chi connectivity index (χ0n) is 12.8. The predicted octanol–water partition coefficient (Wildman–Crippen LogP) is 2.89. The minimum atomic E-state index is 0.403. The molecule has 0 spiro atoms. The van der Waals surface area contributed by atoms with Crippen molar-refractivity contribution in [2.45, 2.75) is 37.4 Å². The Balaban J connectivity index is 1.40. The second kappa shape index (κ2) is 8.11. The fourth-order valence-electron chi connectivity index (χ4n) is 3.79. The van der Waals surface area contributed by atoms with Crippen LogP contribution >= 0.6 is 23.5 Å². The van der Waals surface area contributed by atoms with E-state index in [1.807, 2.05) is 23.5 Å². The highest BCUT2D eigenvalue weighted by molar-refractivity contribution is 8.06. The first-order valence-corrected chi connectivity index (χ1v) is 10.6. The van der Waals surface area contributed by atoms with Crippen LogP contribution in [0.2, 0.25) is 0 Å². The monoisotopic (exact) mass is 329 g/mol. The number of ether oxygens (including phenoxy) is 1. The minimum absolute atomic E-state index is 0.403. The zero-order valence-corrected chi connectivity index (χ0v) is 14.4. The second-order valence-electron chi connectivity index (χ2n) is 6.44. The number of carbonyl (C=O) groups excluding carboxylic acids is 1. The third-order valence-electron chi connectivity index (χ3n) is 5.11. The summed E-state index contributed by atoms with van der Waals surface area (Å²) in [6.07, 6.45) is 5.65. The van der Waals surface area contributed by atoms with E-state index in [2.05, 4.69) is 4.90 Å². The van der Waals surface area contributed by atoms with Crippen LogP contribution in [0.15, 0.2) is 0 Å². The van der Waals surface area contributed by atoms with Gasteiger partial charge in [-0.25, -0.2) is 0 Å². The number of amides is 1. The van der Waals surface area contributed by atoms with E-state index in [-0.39, 0.29) is 0 Å². The van der Waals surface area contributed by atoms with E-state index >= 15 is 0 Å². The quantitative estimate of drug-likeness (QED) is 0.796. The van der Waals surface area contributed by atoms with E-state index < -0.39 is 0 Å². The molecule has 0 bridgehead atoms. The number of thioether (sulfide) groups is 2. The number of hydrogen-bond acceptors (Lipinski definition) is 4. The lowest BCUT2D eigenvalue weighted by Gasteiger charge is -2.38. The summed E-state index contributed by atoms with van der Waals surface area (Å²) < 4.78 is 5.47. The van der Waals surface area contributed by atoms with Gasteiger partial charge in [-0.1, -0.05) is 0 Å². The van der Waals surface area contributed by atoms with E-state index in [0.717, 1.165) is 50.3 Å². The molecular formula is C16H27NO2S2. The molecule has 3 rings (SSSR count). The van der Waals surface area contributed by atoms with Crippen LogP contribution in [0.3, 0.4) is 0 Å². The topological polar surface area (TPSA) is 29.5 Å². The predicted molar refractivity (Wildman–Crippen MR) is 91.0 cm³/mol. The van der Waals surface area contributed by atoms with Crippen molar-refractivity contribution in [2.24, 2.45) is 11.8 Å². The number of carbonyl (C=O) groups is 1. The van der Waals surface area contributed by atoms with Crippen molar-refractivity contribution in [2.75, 3.05) is 43.6 Å². The minimum Gasteiger partial charge on any atom is -0.381 e. The van der Waals surface area contributed by atoms with E-state index in [1.54, 1.807) is 0 Å². The lowest BCUT2D eigenvalue weighted by molar-refractivity contribution is -0.132. The molecule has 21 heavy (non-hydrogen) atoms. The highest BCUT2D eigenvalue weighted by Crippen LogP contribution is 2.32. The fraction of sp³-hybridized carbons (Fsp3) is 0.938. The molecule has 0 aromatic carbocycles. The van der Waals surface area contributed by atoms with E-state index in [9.17, 15) is 4.79 Å². The van der Waals surface area contributed by atoms with E-state index in [1.165, 1.54) is 37.2 Å². The fourth-order valence-corrected chi connectivity index (χ4v) is 6.46. The lowest BCUT2D eigenvalue weighted by atomic mass is 9.80. The van der Waals surface area contributed by atoms with Crippen molar-refractivity contribution >= 4 is 29.4 Å². The maximum Gasteiger partial charge on any atom is 0.223 e. The molecule has 3 fully saturated rings. The number of nitrogens with zero attached hydrogens (tertiary/aromatic N) is 1. The van der Waals surface area contributed by atoms with E-state index in [4.69, 9.17) is 4.74 Å². The molecule has 120 valence electrons. The number of rotatable bonds is 3. The molecule has 3 nitrogen and oxygen atoms in total. The van der Waals surface area contributed by atoms with Gasteiger partial charge in [-0.3, -0.25) is 4.79 Å². The molecular weight excluding hydrogens is 302 g/mol. The Morgan fingerprint density at radius 2 is 1.76 bits per heavy atom. The van der Waals surface area contributed by atoms with Crippen molar-refractivity contribution in [3.63, 3.8) is 0 Å². The van der Waals surface area contributed by atoms with Crippen molar-refractivity contribution in [1.29, 1.82) is 0 Å². The summed E-state index contributed by atoms with van der Waals surface area (Å²) in [5.74, 6) is 5.72. The van der Waals surface area contributed by atoms with Crippen molar-refractivity contribution in [3.05, 3.63) is 0 Å². The van der Waals surface area contributed by atoms with Gasteiger partial charge in [-0.2, -0.15) is 23.5 Å². The Bertz CT molecular complexity index is 333. The van der Waals surface area contributed by atoms with Crippen LogP contribution in [-0.2, 0) is 9.53 Å². The largest absolute Gasteiger partial charge is 0.381 e. The SMILES string of the molecule is O=C(CC1CSCCS1)N1CCC(C2CCOCC2)CC1. The highest BCUT2D eigenvalue weighted by Gasteiger charge is 2.30. The maximum absolute atomic E-state index is 12.4. The first-order chi connectivity index (χ1) is 10.3. The van der Waals surface area contributed by atoms with Crippen LogP contribution in [0, 0.1) is 11.8 Å². The highest BCUT2D eigenvalue weighted by atomic mass is 32.2. The van der Waals surface area contributed by atoms with Crippen LogP contribution < -0.4 is 0 Å². The molecule has 0 aromatic rings. The molecule has 0 N–H and O–H groups in total. The van der Waals surface area contributed by atoms with Gasteiger partial charge in [0, 0.05) is 55.2 Å². The zero-order chi connectivity index (χ0) is 14.5. The number of hydrogen-bond donors (Lipinski definition) is 0. The van der Waals surface area contributed by atoms with Gasteiger partial charge >= 0.3 is 0 Å². The normalized spacial score (nSPS) is 29.5. The van der Waals surface area contributed by atoms with Crippen LogP contribution in [0.5, 0.6) is 0 Å². The molecule has 5 heteroatoms. The van der Waals surface area contributed by atoms with Crippen LogP contribution in [0.4, 0.5) is 0 Å². The molecule has 1 atom stereocenters. The molecule has 1 amide bonds. The summed E-state index contributed by atoms with van der Waals surface area (Å²) in [4.78, 5) is 14.6. The van der Waals surface area contributed by atoms with Crippen molar-refractivity contribution in [3.8, 4) is 0 Å². The summed E-state index contributed by atoms with van der Waals surface area (Å²) in [5, 5.41) is 0.560. The van der Waals surface area contributed by atoms with Gasteiger partial charge in [0.05, 0.1) is 0 Å². The average Bonchev–Trinajstić information content (AvgIpc) is 2.57. The van der Waals surface area contributed by atoms with Gasteiger partial charge in [0.2, 0.25) is 5.91 Å². The van der Waals surface area contributed by atoms with Gasteiger partial charge in [-0.05, 0) is 37.5 Å². The van der Waals surface area contributed by atoms with Gasteiger partial charge in [0.15, 0.2) is 0 Å². The van der Waals surface area contributed by atoms with Gasteiger partial charge in [0.25, 0.3) is 0 Å². The molecule has 3 aliphatic heterocycles. The summed E-state index contributed by atoms with van der Waals surface area (Å²) in [6, 6.07) is 0. The second-order valence-corrected chi connectivity index (χ2v) is 9.00. The standard InChI is InChI=1S/C16H27NO2S2/c18-16(11-15-12-20-9-10-21-15)17-5-1-13(2-6-17)14-3-7-19-8-4-14/h13-15H,1-12H2. The first kappa shape index (κ1) is 16.0. The smallest absolute Gasteiger partial charge is 0.223 e. The van der Waals surface area contributed by atoms with Crippen LogP contribution in [0.25, 0.3) is 0 Å². The third-order valence-corrected chi connectivity index (χ3v) is 7.96. The number of piperidine rings is 1. The molecule has 3 saturated heterocycles. The summed E-state index contributed by atoms with van der Waals surface area (Å²) in [7, 11) is 0. The summed E-state index contributed by atoms with van der Waals surface area (Å²) in [6.45, 7) is 3.87. The lowest BCUT2D eigenvalue weighted by Crippen LogP contribution is -2.42. The Morgan fingerprint density at radius 3 is 2.43 bits per heavy atom. The van der Waals surface area contributed by atoms with Gasteiger partial charge in [-0.15, -0.1) is 0 Å². The molecule has 3 heterocycles.